The van der Waals surface area contributed by atoms with Crippen LogP contribution in [0.2, 0.25) is 0 Å². The molecule has 0 saturated heterocycles. The molecule has 21 heavy (non-hydrogen) atoms. The van der Waals surface area contributed by atoms with Crippen LogP contribution in [0.25, 0.3) is 10.9 Å². The van der Waals surface area contributed by atoms with Gasteiger partial charge < -0.3 is 5.32 Å². The number of hydrogen-bond acceptors (Lipinski definition) is 3. The molecule has 2 heterocycles. The second-order valence-electron chi connectivity index (χ2n) is 4.85. The second kappa shape index (κ2) is 5.71. The zero-order valence-electron chi connectivity index (χ0n) is 11.7. The Morgan fingerprint density at radius 2 is 1.90 bits per heavy atom. The molecule has 104 valence electrons. The van der Waals surface area contributed by atoms with Crippen molar-refractivity contribution in [3.05, 3.63) is 71.7 Å². The number of para-hydroxylation sites is 1. The third-order valence-electron chi connectivity index (χ3n) is 3.36. The maximum Gasteiger partial charge on any atom is 0.253 e. The van der Waals surface area contributed by atoms with Crippen LogP contribution in [0.5, 0.6) is 0 Å². The average molecular weight is 277 g/mol. The predicted octanol–water partition coefficient (Wildman–Crippen LogP) is 2.87. The third-order valence-corrected chi connectivity index (χ3v) is 3.36. The summed E-state index contributed by atoms with van der Waals surface area (Å²) in [4.78, 5) is 20.8. The number of amides is 1. The number of aromatic nitrogens is 2. The van der Waals surface area contributed by atoms with Gasteiger partial charge >= 0.3 is 0 Å². The first-order valence-corrected chi connectivity index (χ1v) is 6.77. The van der Waals surface area contributed by atoms with Gasteiger partial charge in [0, 0.05) is 24.3 Å². The minimum absolute atomic E-state index is 0.109. The van der Waals surface area contributed by atoms with Crippen LogP contribution in [-0.4, -0.2) is 15.9 Å². The van der Waals surface area contributed by atoms with Gasteiger partial charge in [-0.25, -0.2) is 0 Å². The number of carbonyl (C=O) groups is 1. The lowest BCUT2D eigenvalue weighted by molar-refractivity contribution is 0.0950. The van der Waals surface area contributed by atoms with Gasteiger partial charge in [0.05, 0.1) is 16.8 Å². The molecule has 1 N–H and O–H groups in total. The van der Waals surface area contributed by atoms with E-state index in [1.165, 1.54) is 0 Å². The Labute approximate surface area is 122 Å². The van der Waals surface area contributed by atoms with E-state index in [0.29, 0.717) is 12.1 Å². The van der Waals surface area contributed by atoms with Gasteiger partial charge in [-0.3, -0.25) is 14.8 Å². The molecule has 1 aromatic carbocycles. The number of nitrogens with one attached hydrogen (secondary N) is 1. The predicted molar refractivity (Wildman–Crippen MR) is 81.9 cm³/mol. The standard InChI is InChI=1S/C17H15N3O/c1-12-15(10-14-4-2-3-5-16(14)20-12)17(21)19-11-13-6-8-18-9-7-13/h2-10H,11H2,1H3,(H,19,21). The van der Waals surface area contributed by atoms with Crippen molar-refractivity contribution in [3.8, 4) is 0 Å². The third kappa shape index (κ3) is 2.89. The van der Waals surface area contributed by atoms with Gasteiger partial charge in [0.1, 0.15) is 0 Å². The molecule has 0 atom stereocenters. The number of hydrogen-bond donors (Lipinski definition) is 1. The lowest BCUT2D eigenvalue weighted by atomic mass is 10.1. The SMILES string of the molecule is Cc1nc2ccccc2cc1C(=O)NCc1ccncc1. The molecule has 4 heteroatoms. The summed E-state index contributed by atoms with van der Waals surface area (Å²) in [6, 6.07) is 13.4. The van der Waals surface area contributed by atoms with Crippen molar-refractivity contribution in [2.75, 3.05) is 0 Å². The van der Waals surface area contributed by atoms with Gasteiger partial charge in [-0.05, 0) is 36.8 Å². The van der Waals surface area contributed by atoms with E-state index in [0.717, 1.165) is 22.2 Å². The lowest BCUT2D eigenvalue weighted by Gasteiger charge is -2.08. The summed E-state index contributed by atoms with van der Waals surface area (Å²) in [6.45, 7) is 2.33. The number of benzene rings is 1. The number of rotatable bonds is 3. The maximum absolute atomic E-state index is 12.3. The van der Waals surface area contributed by atoms with Crippen molar-refractivity contribution in [2.24, 2.45) is 0 Å². The van der Waals surface area contributed by atoms with Crippen molar-refractivity contribution in [1.82, 2.24) is 15.3 Å². The minimum atomic E-state index is -0.109. The van der Waals surface area contributed by atoms with E-state index in [1.54, 1.807) is 12.4 Å². The summed E-state index contributed by atoms with van der Waals surface area (Å²) in [7, 11) is 0. The number of pyridine rings is 2. The van der Waals surface area contributed by atoms with E-state index in [-0.39, 0.29) is 5.91 Å². The Balaban J connectivity index is 1.82. The summed E-state index contributed by atoms with van der Waals surface area (Å²) in [5.41, 5.74) is 3.27. The van der Waals surface area contributed by atoms with Crippen LogP contribution < -0.4 is 5.32 Å². The Hall–Kier alpha value is -2.75. The highest BCUT2D eigenvalue weighted by atomic mass is 16.1. The van der Waals surface area contributed by atoms with Crippen LogP contribution >= 0.6 is 0 Å². The van der Waals surface area contributed by atoms with Gasteiger partial charge in [0.25, 0.3) is 5.91 Å². The highest BCUT2D eigenvalue weighted by molar-refractivity contribution is 5.98. The summed E-state index contributed by atoms with van der Waals surface area (Å²) in [6.07, 6.45) is 3.43. The first-order valence-electron chi connectivity index (χ1n) is 6.77. The van der Waals surface area contributed by atoms with E-state index >= 15 is 0 Å². The lowest BCUT2D eigenvalue weighted by Crippen LogP contribution is -2.24. The second-order valence-corrected chi connectivity index (χ2v) is 4.85. The highest BCUT2D eigenvalue weighted by Gasteiger charge is 2.11. The van der Waals surface area contributed by atoms with Gasteiger partial charge in [-0.1, -0.05) is 18.2 Å². The van der Waals surface area contributed by atoms with E-state index < -0.39 is 0 Å². The van der Waals surface area contributed by atoms with Crippen LogP contribution in [-0.2, 0) is 6.54 Å². The quantitative estimate of drug-likeness (QED) is 0.801. The van der Waals surface area contributed by atoms with Crippen LogP contribution in [0.4, 0.5) is 0 Å². The summed E-state index contributed by atoms with van der Waals surface area (Å²) in [5, 5.41) is 3.88. The molecule has 0 fully saturated rings. The fraction of sp³-hybridized carbons (Fsp3) is 0.118. The monoisotopic (exact) mass is 277 g/mol. The first kappa shape index (κ1) is 13.2. The average Bonchev–Trinajstić information content (AvgIpc) is 2.53. The first-order chi connectivity index (χ1) is 10.2. The topological polar surface area (TPSA) is 54.9 Å². The maximum atomic E-state index is 12.3. The molecule has 0 unspecified atom stereocenters. The summed E-state index contributed by atoms with van der Waals surface area (Å²) in [5.74, 6) is -0.109. The fourth-order valence-electron chi connectivity index (χ4n) is 2.22. The Morgan fingerprint density at radius 1 is 1.14 bits per heavy atom. The van der Waals surface area contributed by atoms with Crippen LogP contribution in [0.1, 0.15) is 21.6 Å². The van der Waals surface area contributed by atoms with Crippen molar-refractivity contribution >= 4 is 16.8 Å². The van der Waals surface area contributed by atoms with Crippen molar-refractivity contribution in [3.63, 3.8) is 0 Å². The number of aryl methyl sites for hydroxylation is 1. The number of carbonyl (C=O) groups excluding carboxylic acids is 1. The van der Waals surface area contributed by atoms with E-state index in [9.17, 15) is 4.79 Å². The molecule has 0 radical (unpaired) electrons. The smallest absolute Gasteiger partial charge is 0.253 e. The Kier molecular flexibility index (Phi) is 3.60. The summed E-state index contributed by atoms with van der Waals surface area (Å²) >= 11 is 0. The van der Waals surface area contributed by atoms with Crippen LogP contribution in [0.3, 0.4) is 0 Å². The zero-order valence-corrected chi connectivity index (χ0v) is 11.7. The number of fused-ring (bicyclic) bond motifs is 1. The molecule has 1 amide bonds. The Morgan fingerprint density at radius 3 is 2.71 bits per heavy atom. The minimum Gasteiger partial charge on any atom is -0.348 e. The largest absolute Gasteiger partial charge is 0.348 e. The highest BCUT2D eigenvalue weighted by Crippen LogP contribution is 2.16. The molecule has 2 aromatic heterocycles. The molecule has 0 spiro atoms. The van der Waals surface area contributed by atoms with E-state index in [1.807, 2.05) is 49.4 Å². The van der Waals surface area contributed by atoms with Gasteiger partial charge in [-0.2, -0.15) is 0 Å². The molecule has 0 aliphatic carbocycles. The molecular formula is C17H15N3O. The van der Waals surface area contributed by atoms with Crippen molar-refractivity contribution in [1.29, 1.82) is 0 Å². The van der Waals surface area contributed by atoms with E-state index in [4.69, 9.17) is 0 Å². The van der Waals surface area contributed by atoms with Crippen LogP contribution in [0, 0.1) is 6.92 Å². The summed E-state index contributed by atoms with van der Waals surface area (Å²) < 4.78 is 0. The zero-order chi connectivity index (χ0) is 14.7. The molecule has 0 aliphatic heterocycles. The van der Waals surface area contributed by atoms with Crippen LogP contribution in [0.15, 0.2) is 54.9 Å². The molecule has 3 rings (SSSR count). The molecule has 0 saturated carbocycles. The normalized spacial score (nSPS) is 10.5. The van der Waals surface area contributed by atoms with Crippen molar-refractivity contribution in [2.45, 2.75) is 13.5 Å². The number of nitrogens with zero attached hydrogens (tertiary/aromatic N) is 2. The van der Waals surface area contributed by atoms with Crippen molar-refractivity contribution < 1.29 is 4.79 Å². The molecule has 3 aromatic rings. The van der Waals surface area contributed by atoms with Gasteiger partial charge in [-0.15, -0.1) is 0 Å². The molecular weight excluding hydrogens is 262 g/mol. The fourth-order valence-corrected chi connectivity index (χ4v) is 2.22. The Bertz CT molecular complexity index is 784. The van der Waals surface area contributed by atoms with E-state index in [2.05, 4.69) is 15.3 Å². The molecule has 0 aliphatic rings. The van der Waals surface area contributed by atoms with Gasteiger partial charge in [0.2, 0.25) is 0 Å². The van der Waals surface area contributed by atoms with Gasteiger partial charge in [0.15, 0.2) is 0 Å². The molecule has 0 bridgehead atoms. The molecule has 4 nitrogen and oxygen atoms in total.